The second kappa shape index (κ2) is 6.81. The molecule has 1 heterocycles. The van der Waals surface area contributed by atoms with Gasteiger partial charge in [-0.15, -0.1) is 0 Å². The van der Waals surface area contributed by atoms with E-state index in [2.05, 4.69) is 20.5 Å². The number of amides is 1. The highest BCUT2D eigenvalue weighted by Crippen LogP contribution is 2.28. The fourth-order valence-electron chi connectivity index (χ4n) is 2.05. The van der Waals surface area contributed by atoms with Crippen LogP contribution in [-0.4, -0.2) is 24.6 Å². The van der Waals surface area contributed by atoms with Gasteiger partial charge in [0.1, 0.15) is 5.76 Å². The van der Waals surface area contributed by atoms with Crippen molar-refractivity contribution < 1.29 is 17.7 Å². The van der Waals surface area contributed by atoms with Crippen molar-refractivity contribution in [3.8, 4) is 0 Å². The first-order chi connectivity index (χ1) is 11.8. The maximum atomic E-state index is 12.3. The van der Waals surface area contributed by atoms with Gasteiger partial charge in [-0.1, -0.05) is 5.16 Å². The van der Waals surface area contributed by atoms with Gasteiger partial charge >= 0.3 is 0 Å². The molecule has 3 rings (SSSR count). The van der Waals surface area contributed by atoms with Crippen LogP contribution in [0.5, 0.6) is 0 Å². The summed E-state index contributed by atoms with van der Waals surface area (Å²) in [5.41, 5.74) is 0.567. The SMILES string of the molecule is Cc1cc(NS(=O)(=O)c2ccc(NC(=S)NC(=O)C3CC3)cc2)no1. The first-order valence-corrected chi connectivity index (χ1v) is 9.41. The van der Waals surface area contributed by atoms with Gasteiger partial charge in [-0.2, -0.15) is 0 Å². The Labute approximate surface area is 150 Å². The molecule has 0 spiro atoms. The molecular formula is C15H16N4O4S2. The number of nitrogens with one attached hydrogen (secondary N) is 3. The molecule has 10 heteroatoms. The topological polar surface area (TPSA) is 113 Å². The van der Waals surface area contributed by atoms with Gasteiger partial charge < -0.3 is 15.2 Å². The first kappa shape index (κ1) is 17.4. The summed E-state index contributed by atoms with van der Waals surface area (Å²) in [6.07, 6.45) is 1.78. The molecule has 1 aliphatic carbocycles. The quantitative estimate of drug-likeness (QED) is 0.680. The van der Waals surface area contributed by atoms with Gasteiger partial charge in [-0.05, 0) is 56.2 Å². The van der Waals surface area contributed by atoms with Crippen molar-refractivity contribution in [3.05, 3.63) is 36.1 Å². The summed E-state index contributed by atoms with van der Waals surface area (Å²) in [5.74, 6) is 0.574. The molecule has 25 heavy (non-hydrogen) atoms. The number of carbonyl (C=O) groups is 1. The summed E-state index contributed by atoms with van der Waals surface area (Å²) < 4.78 is 31.7. The van der Waals surface area contributed by atoms with E-state index in [1.165, 1.54) is 18.2 Å². The number of nitrogens with zero attached hydrogens (tertiary/aromatic N) is 1. The standard InChI is InChI=1S/C15H16N4O4S2/c1-9-8-13(18-23-9)19-25(21,22)12-6-4-11(5-7-12)16-15(24)17-14(20)10-2-3-10/h4-8,10H,2-3H2,1H3,(H,18,19)(H2,16,17,20,24). The third kappa shape index (κ3) is 4.54. The Morgan fingerprint density at radius 2 is 1.96 bits per heavy atom. The van der Waals surface area contributed by atoms with Crippen LogP contribution in [0.2, 0.25) is 0 Å². The fraction of sp³-hybridized carbons (Fsp3) is 0.267. The Kier molecular flexibility index (Phi) is 4.73. The molecule has 0 aliphatic heterocycles. The fourth-order valence-corrected chi connectivity index (χ4v) is 3.25. The molecule has 0 atom stereocenters. The molecule has 2 aromatic rings. The van der Waals surface area contributed by atoms with Crippen LogP contribution in [0.4, 0.5) is 11.5 Å². The van der Waals surface area contributed by atoms with E-state index >= 15 is 0 Å². The molecule has 8 nitrogen and oxygen atoms in total. The Morgan fingerprint density at radius 3 is 2.52 bits per heavy atom. The van der Waals surface area contributed by atoms with E-state index < -0.39 is 10.0 Å². The average Bonchev–Trinajstić information content (AvgIpc) is 3.31. The molecule has 0 saturated heterocycles. The minimum absolute atomic E-state index is 0.0542. The van der Waals surface area contributed by atoms with Crippen LogP contribution in [0.25, 0.3) is 0 Å². The molecule has 1 amide bonds. The zero-order valence-electron chi connectivity index (χ0n) is 13.3. The lowest BCUT2D eigenvalue weighted by atomic mass is 10.3. The van der Waals surface area contributed by atoms with Gasteiger partial charge in [-0.3, -0.25) is 9.52 Å². The zero-order valence-corrected chi connectivity index (χ0v) is 14.9. The predicted molar refractivity (Wildman–Crippen MR) is 95.6 cm³/mol. The smallest absolute Gasteiger partial charge is 0.263 e. The van der Waals surface area contributed by atoms with Crippen molar-refractivity contribution in [2.45, 2.75) is 24.7 Å². The molecule has 132 valence electrons. The van der Waals surface area contributed by atoms with Crippen molar-refractivity contribution in [2.75, 3.05) is 10.0 Å². The third-order valence-corrected chi connectivity index (χ3v) is 5.05. The van der Waals surface area contributed by atoms with Crippen molar-refractivity contribution in [3.63, 3.8) is 0 Å². The van der Waals surface area contributed by atoms with Gasteiger partial charge in [0.2, 0.25) is 5.91 Å². The molecular weight excluding hydrogens is 364 g/mol. The predicted octanol–water partition coefficient (Wildman–Crippen LogP) is 2.01. The number of rotatable bonds is 5. The van der Waals surface area contributed by atoms with E-state index in [1.54, 1.807) is 19.1 Å². The molecule has 1 aromatic carbocycles. The molecule has 1 fully saturated rings. The monoisotopic (exact) mass is 380 g/mol. The molecule has 0 bridgehead atoms. The van der Waals surface area contributed by atoms with Crippen molar-refractivity contribution in [2.24, 2.45) is 5.92 Å². The van der Waals surface area contributed by atoms with Crippen molar-refractivity contribution in [1.82, 2.24) is 10.5 Å². The number of anilines is 2. The van der Waals surface area contributed by atoms with E-state index in [0.717, 1.165) is 12.8 Å². The van der Waals surface area contributed by atoms with Gasteiger partial charge in [0, 0.05) is 17.7 Å². The van der Waals surface area contributed by atoms with Crippen LogP contribution in [0.3, 0.4) is 0 Å². The number of aryl methyl sites for hydroxylation is 1. The van der Waals surface area contributed by atoms with Crippen molar-refractivity contribution >= 4 is 44.8 Å². The summed E-state index contributed by atoms with van der Waals surface area (Å²) in [5, 5.41) is 9.23. The van der Waals surface area contributed by atoms with Crippen LogP contribution >= 0.6 is 12.2 Å². The highest BCUT2D eigenvalue weighted by Gasteiger charge is 2.30. The van der Waals surface area contributed by atoms with E-state index in [4.69, 9.17) is 16.7 Å². The van der Waals surface area contributed by atoms with Gasteiger partial charge in [-0.25, -0.2) is 8.42 Å². The lowest BCUT2D eigenvalue weighted by molar-refractivity contribution is -0.120. The number of sulfonamides is 1. The highest BCUT2D eigenvalue weighted by atomic mass is 32.2. The minimum Gasteiger partial charge on any atom is -0.360 e. The van der Waals surface area contributed by atoms with Crippen molar-refractivity contribution in [1.29, 1.82) is 0 Å². The van der Waals surface area contributed by atoms with Crippen LogP contribution in [-0.2, 0) is 14.8 Å². The van der Waals surface area contributed by atoms with Crippen LogP contribution in [0, 0.1) is 12.8 Å². The van der Waals surface area contributed by atoms with Gasteiger partial charge in [0.15, 0.2) is 10.9 Å². The average molecular weight is 380 g/mol. The maximum absolute atomic E-state index is 12.3. The summed E-state index contributed by atoms with van der Waals surface area (Å²) in [6, 6.07) is 7.43. The Hall–Kier alpha value is -2.46. The molecule has 1 saturated carbocycles. The lowest BCUT2D eigenvalue weighted by Gasteiger charge is -2.10. The summed E-state index contributed by atoms with van der Waals surface area (Å²) >= 11 is 5.06. The van der Waals surface area contributed by atoms with E-state index in [9.17, 15) is 13.2 Å². The highest BCUT2D eigenvalue weighted by molar-refractivity contribution is 7.92. The Balaban J connectivity index is 1.62. The number of hydrogen-bond donors (Lipinski definition) is 3. The minimum atomic E-state index is -3.77. The van der Waals surface area contributed by atoms with Crippen LogP contribution in [0.1, 0.15) is 18.6 Å². The second-order valence-electron chi connectivity index (χ2n) is 5.67. The zero-order chi connectivity index (χ0) is 18.0. The molecule has 1 aromatic heterocycles. The Bertz CT molecular complexity index is 902. The number of thiocarbonyl (C=S) groups is 1. The number of benzene rings is 1. The number of aromatic nitrogens is 1. The molecule has 0 unspecified atom stereocenters. The summed E-state index contributed by atoms with van der Waals surface area (Å²) in [4.78, 5) is 11.7. The molecule has 0 radical (unpaired) electrons. The van der Waals surface area contributed by atoms with Crippen LogP contribution < -0.4 is 15.4 Å². The molecule has 1 aliphatic rings. The van der Waals surface area contributed by atoms with Crippen LogP contribution in [0.15, 0.2) is 39.8 Å². The lowest BCUT2D eigenvalue weighted by Crippen LogP contribution is -2.35. The maximum Gasteiger partial charge on any atom is 0.263 e. The summed E-state index contributed by atoms with van der Waals surface area (Å²) in [7, 11) is -3.77. The van der Waals surface area contributed by atoms with E-state index in [1.807, 2.05) is 0 Å². The molecule has 3 N–H and O–H groups in total. The van der Waals surface area contributed by atoms with E-state index in [-0.39, 0.29) is 27.7 Å². The number of carbonyl (C=O) groups excluding carboxylic acids is 1. The third-order valence-electron chi connectivity index (χ3n) is 3.47. The van der Waals surface area contributed by atoms with Gasteiger partial charge in [0.25, 0.3) is 10.0 Å². The largest absolute Gasteiger partial charge is 0.360 e. The first-order valence-electron chi connectivity index (χ1n) is 7.51. The number of hydrogen-bond acceptors (Lipinski definition) is 6. The normalized spacial score (nSPS) is 14.0. The van der Waals surface area contributed by atoms with E-state index in [0.29, 0.717) is 11.4 Å². The van der Waals surface area contributed by atoms with Gasteiger partial charge in [0.05, 0.1) is 4.90 Å². The Morgan fingerprint density at radius 1 is 1.28 bits per heavy atom. The summed E-state index contributed by atoms with van der Waals surface area (Å²) in [6.45, 7) is 1.66. The second-order valence-corrected chi connectivity index (χ2v) is 7.76.